The summed E-state index contributed by atoms with van der Waals surface area (Å²) in [5.41, 5.74) is 2.73. The van der Waals surface area contributed by atoms with Gasteiger partial charge in [-0.1, -0.05) is 23.4 Å². The van der Waals surface area contributed by atoms with Gasteiger partial charge in [-0.2, -0.15) is 0 Å². The minimum atomic E-state index is -0.945. The zero-order valence-electron chi connectivity index (χ0n) is 10.5. The molecule has 2 N–H and O–H groups in total. The topological polar surface area (TPSA) is 80.0 Å². The van der Waals surface area contributed by atoms with Gasteiger partial charge >= 0.3 is 5.97 Å². The van der Waals surface area contributed by atoms with Crippen LogP contribution in [0.4, 0.5) is 5.69 Å². The number of nitrogens with one attached hydrogen (secondary N) is 1. The summed E-state index contributed by atoms with van der Waals surface area (Å²) in [4.78, 5) is 10.9. The fourth-order valence-corrected chi connectivity index (χ4v) is 1.96. The molecule has 0 unspecified atom stereocenters. The van der Waals surface area contributed by atoms with Crippen LogP contribution in [-0.2, 0) is 6.67 Å². The number of aromatic nitrogens is 3. The predicted molar refractivity (Wildman–Crippen MR) is 74.6 cm³/mol. The van der Waals surface area contributed by atoms with E-state index in [0.717, 1.165) is 16.7 Å². The van der Waals surface area contributed by atoms with Crippen LogP contribution in [0.5, 0.6) is 0 Å². The Bertz CT molecular complexity index is 766. The van der Waals surface area contributed by atoms with E-state index >= 15 is 0 Å². The Balaban J connectivity index is 1.79. The van der Waals surface area contributed by atoms with Gasteiger partial charge in [-0.05, 0) is 30.3 Å². The second-order valence-electron chi connectivity index (χ2n) is 4.30. The molecule has 2 aromatic carbocycles. The molecule has 20 heavy (non-hydrogen) atoms. The van der Waals surface area contributed by atoms with Crippen LogP contribution in [0.25, 0.3) is 11.0 Å². The number of hydrogen-bond donors (Lipinski definition) is 2. The standard InChI is InChI=1S/C14H12N4O2/c19-14(20)10-4-3-5-11(8-10)15-9-18-13-7-2-1-6-12(13)16-17-18/h1-8,15H,9H2,(H,19,20). The van der Waals surface area contributed by atoms with E-state index in [1.165, 1.54) is 0 Å². The molecule has 0 aliphatic rings. The Hall–Kier alpha value is -2.89. The molecule has 0 saturated heterocycles. The first-order valence-electron chi connectivity index (χ1n) is 6.09. The average Bonchev–Trinajstić information content (AvgIpc) is 2.89. The number of hydrogen-bond acceptors (Lipinski definition) is 4. The van der Waals surface area contributed by atoms with E-state index in [9.17, 15) is 4.79 Å². The summed E-state index contributed by atoms with van der Waals surface area (Å²) in [6.45, 7) is 0.420. The van der Waals surface area contributed by atoms with Crippen LogP contribution in [0.1, 0.15) is 10.4 Å². The number of carbonyl (C=O) groups is 1. The molecule has 1 aromatic heterocycles. The monoisotopic (exact) mass is 268 g/mol. The molecular weight excluding hydrogens is 256 g/mol. The zero-order valence-corrected chi connectivity index (χ0v) is 10.5. The smallest absolute Gasteiger partial charge is 0.335 e. The molecule has 0 saturated carbocycles. The summed E-state index contributed by atoms with van der Waals surface area (Å²) >= 11 is 0. The van der Waals surface area contributed by atoms with Gasteiger partial charge in [-0.15, -0.1) is 5.10 Å². The lowest BCUT2D eigenvalue weighted by Gasteiger charge is -2.07. The highest BCUT2D eigenvalue weighted by molar-refractivity contribution is 5.88. The maximum absolute atomic E-state index is 10.9. The third kappa shape index (κ3) is 2.31. The second kappa shape index (κ2) is 5.00. The lowest BCUT2D eigenvalue weighted by Crippen LogP contribution is -2.10. The van der Waals surface area contributed by atoms with Crippen molar-refractivity contribution in [2.75, 3.05) is 5.32 Å². The second-order valence-corrected chi connectivity index (χ2v) is 4.30. The lowest BCUT2D eigenvalue weighted by atomic mass is 10.2. The molecule has 0 amide bonds. The summed E-state index contributed by atoms with van der Waals surface area (Å²) < 4.78 is 1.72. The fourth-order valence-electron chi connectivity index (χ4n) is 1.96. The molecule has 0 aliphatic heterocycles. The van der Waals surface area contributed by atoms with Gasteiger partial charge in [-0.25, -0.2) is 9.48 Å². The highest BCUT2D eigenvalue weighted by Gasteiger charge is 2.05. The molecular formula is C14H12N4O2. The quantitative estimate of drug-likeness (QED) is 0.758. The van der Waals surface area contributed by atoms with Gasteiger partial charge in [0.05, 0.1) is 11.1 Å². The van der Waals surface area contributed by atoms with Crippen LogP contribution < -0.4 is 5.32 Å². The molecule has 100 valence electrons. The molecule has 3 aromatic rings. The van der Waals surface area contributed by atoms with Crippen LogP contribution in [-0.4, -0.2) is 26.1 Å². The van der Waals surface area contributed by atoms with Crippen molar-refractivity contribution in [1.82, 2.24) is 15.0 Å². The van der Waals surface area contributed by atoms with Crippen molar-refractivity contribution in [2.24, 2.45) is 0 Å². The molecule has 0 aliphatic carbocycles. The Morgan fingerprint density at radius 1 is 1.20 bits per heavy atom. The van der Waals surface area contributed by atoms with Gasteiger partial charge in [0.2, 0.25) is 0 Å². The van der Waals surface area contributed by atoms with Crippen LogP contribution >= 0.6 is 0 Å². The number of fused-ring (bicyclic) bond motifs is 1. The summed E-state index contributed by atoms with van der Waals surface area (Å²) in [5.74, 6) is -0.945. The maximum atomic E-state index is 10.9. The van der Waals surface area contributed by atoms with E-state index in [2.05, 4.69) is 15.6 Å². The van der Waals surface area contributed by atoms with E-state index in [4.69, 9.17) is 5.11 Å². The fraction of sp³-hybridized carbons (Fsp3) is 0.0714. The number of rotatable bonds is 4. The number of aromatic carboxylic acids is 1. The number of benzene rings is 2. The lowest BCUT2D eigenvalue weighted by molar-refractivity contribution is 0.0697. The van der Waals surface area contributed by atoms with Gasteiger partial charge in [0.15, 0.2) is 0 Å². The van der Waals surface area contributed by atoms with Crippen molar-refractivity contribution in [3.8, 4) is 0 Å². The maximum Gasteiger partial charge on any atom is 0.335 e. The largest absolute Gasteiger partial charge is 0.478 e. The number of nitrogens with zero attached hydrogens (tertiary/aromatic N) is 3. The average molecular weight is 268 g/mol. The molecule has 0 spiro atoms. The van der Waals surface area contributed by atoms with Crippen LogP contribution in [0.15, 0.2) is 48.5 Å². The van der Waals surface area contributed by atoms with E-state index in [-0.39, 0.29) is 5.56 Å². The molecule has 6 heteroatoms. The van der Waals surface area contributed by atoms with E-state index in [1.54, 1.807) is 22.9 Å². The van der Waals surface area contributed by atoms with Crippen molar-refractivity contribution in [2.45, 2.75) is 6.67 Å². The van der Waals surface area contributed by atoms with Crippen molar-refractivity contribution in [1.29, 1.82) is 0 Å². The first-order valence-corrected chi connectivity index (χ1v) is 6.09. The minimum Gasteiger partial charge on any atom is -0.478 e. The highest BCUT2D eigenvalue weighted by atomic mass is 16.4. The van der Waals surface area contributed by atoms with Crippen LogP contribution in [0, 0.1) is 0 Å². The molecule has 0 fully saturated rings. The third-order valence-corrected chi connectivity index (χ3v) is 2.96. The SMILES string of the molecule is O=C(O)c1cccc(NCn2nnc3ccccc32)c1. The first-order chi connectivity index (χ1) is 9.74. The Morgan fingerprint density at radius 2 is 2.05 bits per heavy atom. The Kier molecular flexibility index (Phi) is 3.04. The third-order valence-electron chi connectivity index (χ3n) is 2.96. The van der Waals surface area contributed by atoms with Gasteiger partial charge in [0, 0.05) is 5.69 Å². The summed E-state index contributed by atoms with van der Waals surface area (Å²) in [5, 5.41) is 20.2. The van der Waals surface area contributed by atoms with Gasteiger partial charge < -0.3 is 10.4 Å². The van der Waals surface area contributed by atoms with Crippen LogP contribution in [0.2, 0.25) is 0 Å². The first kappa shape index (κ1) is 12.2. The predicted octanol–water partition coefficient (Wildman–Crippen LogP) is 2.20. The molecule has 1 heterocycles. The van der Waals surface area contributed by atoms with Crippen molar-refractivity contribution >= 4 is 22.7 Å². The highest BCUT2D eigenvalue weighted by Crippen LogP contribution is 2.13. The van der Waals surface area contributed by atoms with Gasteiger partial charge in [-0.3, -0.25) is 0 Å². The minimum absolute atomic E-state index is 0.249. The van der Waals surface area contributed by atoms with Gasteiger partial charge in [0.25, 0.3) is 0 Å². The summed E-state index contributed by atoms with van der Waals surface area (Å²) in [7, 11) is 0. The summed E-state index contributed by atoms with van der Waals surface area (Å²) in [6.07, 6.45) is 0. The van der Waals surface area contributed by atoms with Crippen molar-refractivity contribution in [3.63, 3.8) is 0 Å². The molecule has 6 nitrogen and oxygen atoms in total. The molecule has 0 atom stereocenters. The van der Waals surface area contributed by atoms with E-state index in [1.807, 2.05) is 30.3 Å². The van der Waals surface area contributed by atoms with E-state index in [0.29, 0.717) is 6.67 Å². The number of para-hydroxylation sites is 1. The molecule has 0 bridgehead atoms. The molecule has 3 rings (SSSR count). The zero-order chi connectivity index (χ0) is 13.9. The van der Waals surface area contributed by atoms with Crippen LogP contribution in [0.3, 0.4) is 0 Å². The number of anilines is 1. The normalized spacial score (nSPS) is 10.6. The van der Waals surface area contributed by atoms with E-state index < -0.39 is 5.97 Å². The Morgan fingerprint density at radius 3 is 2.90 bits per heavy atom. The molecule has 0 radical (unpaired) electrons. The number of carboxylic acid groups (broad SMARTS) is 1. The Labute approximate surface area is 114 Å². The summed E-state index contributed by atoms with van der Waals surface area (Å²) in [6, 6.07) is 14.3. The van der Waals surface area contributed by atoms with Crippen molar-refractivity contribution < 1.29 is 9.90 Å². The van der Waals surface area contributed by atoms with Crippen molar-refractivity contribution in [3.05, 3.63) is 54.1 Å². The van der Waals surface area contributed by atoms with Gasteiger partial charge in [0.1, 0.15) is 12.2 Å². The number of carboxylic acids is 1.